The summed E-state index contributed by atoms with van der Waals surface area (Å²) in [5, 5.41) is 2.71. The lowest BCUT2D eigenvalue weighted by Crippen LogP contribution is -2.51. The van der Waals surface area contributed by atoms with E-state index in [1.54, 1.807) is 68.4 Å². The molecule has 8 nitrogen and oxygen atoms in total. The highest BCUT2D eigenvalue weighted by Gasteiger charge is 2.32. The molecule has 3 aromatic carbocycles. The van der Waals surface area contributed by atoms with Crippen molar-refractivity contribution in [2.45, 2.75) is 31.3 Å². The molecule has 3 aromatic rings. The van der Waals surface area contributed by atoms with E-state index < -0.39 is 34.3 Å². The van der Waals surface area contributed by atoms with Crippen LogP contribution in [0.25, 0.3) is 0 Å². The Balaban J connectivity index is 2.00. The lowest BCUT2D eigenvalue weighted by atomic mass is 10.1. The summed E-state index contributed by atoms with van der Waals surface area (Å²) in [6, 6.07) is 18.7. The molecule has 0 spiro atoms. The zero-order chi connectivity index (χ0) is 27.0. The normalized spacial score (nSPS) is 11.9. The number of benzene rings is 3. The van der Waals surface area contributed by atoms with Gasteiger partial charge in [0.25, 0.3) is 10.0 Å². The van der Waals surface area contributed by atoms with Gasteiger partial charge in [0.05, 0.1) is 17.7 Å². The van der Waals surface area contributed by atoms with Crippen molar-refractivity contribution in [2.75, 3.05) is 24.5 Å². The van der Waals surface area contributed by atoms with Crippen LogP contribution in [0.3, 0.4) is 0 Å². The maximum Gasteiger partial charge on any atom is 0.264 e. The van der Waals surface area contributed by atoms with E-state index in [0.717, 1.165) is 28.6 Å². The van der Waals surface area contributed by atoms with Gasteiger partial charge in [-0.3, -0.25) is 13.9 Å². The number of hydrogen-bond acceptors (Lipinski definition) is 5. The molecule has 0 aromatic heterocycles. The molecule has 0 radical (unpaired) electrons. The number of carbonyl (C=O) groups excluding carboxylic acids is 2. The van der Waals surface area contributed by atoms with Gasteiger partial charge >= 0.3 is 0 Å². The van der Waals surface area contributed by atoms with Gasteiger partial charge in [0.1, 0.15) is 24.2 Å². The molecule has 0 aliphatic heterocycles. The predicted octanol–water partition coefficient (Wildman–Crippen LogP) is 3.58. The number of sulfonamides is 1. The number of rotatable bonds is 11. The Morgan fingerprint density at radius 2 is 1.68 bits per heavy atom. The second-order valence-electron chi connectivity index (χ2n) is 8.24. The van der Waals surface area contributed by atoms with Gasteiger partial charge in [-0.15, -0.1) is 0 Å². The molecule has 37 heavy (non-hydrogen) atoms. The third-order valence-electron chi connectivity index (χ3n) is 5.73. The SMILES string of the molecule is CCNC(=O)C(C)N(Cc1cccc(OC)c1)C(=O)CN(c1ccccc1)S(=O)(=O)c1ccc(F)cc1. The summed E-state index contributed by atoms with van der Waals surface area (Å²) in [7, 11) is -2.72. The Labute approximate surface area is 216 Å². The molecule has 0 saturated carbocycles. The highest BCUT2D eigenvalue weighted by molar-refractivity contribution is 7.92. The number of ether oxygens (including phenoxy) is 1. The molecule has 0 fully saturated rings. The number of nitrogens with zero attached hydrogens (tertiary/aromatic N) is 2. The van der Waals surface area contributed by atoms with Crippen LogP contribution in [0, 0.1) is 5.82 Å². The Morgan fingerprint density at radius 3 is 2.30 bits per heavy atom. The lowest BCUT2D eigenvalue weighted by Gasteiger charge is -2.32. The summed E-state index contributed by atoms with van der Waals surface area (Å²) in [4.78, 5) is 27.6. The van der Waals surface area contributed by atoms with Crippen LogP contribution < -0.4 is 14.4 Å². The summed E-state index contributed by atoms with van der Waals surface area (Å²) in [6.07, 6.45) is 0. The number of para-hydroxylation sites is 1. The van der Waals surface area contributed by atoms with Crippen LogP contribution in [0.15, 0.2) is 83.8 Å². The lowest BCUT2D eigenvalue weighted by molar-refractivity contribution is -0.139. The molecule has 10 heteroatoms. The van der Waals surface area contributed by atoms with Gasteiger partial charge in [0.2, 0.25) is 11.8 Å². The molecule has 1 N–H and O–H groups in total. The van der Waals surface area contributed by atoms with Gasteiger partial charge in [0.15, 0.2) is 0 Å². The van der Waals surface area contributed by atoms with E-state index in [-0.39, 0.29) is 23.0 Å². The van der Waals surface area contributed by atoms with Gasteiger partial charge in [0, 0.05) is 13.1 Å². The molecule has 2 amide bonds. The molecule has 1 atom stereocenters. The van der Waals surface area contributed by atoms with E-state index in [1.165, 1.54) is 12.0 Å². The molecular weight excluding hydrogens is 497 g/mol. The van der Waals surface area contributed by atoms with Gasteiger partial charge in [-0.1, -0.05) is 30.3 Å². The summed E-state index contributed by atoms with van der Waals surface area (Å²) in [5.74, 6) is -0.954. The van der Waals surface area contributed by atoms with E-state index in [2.05, 4.69) is 5.32 Å². The monoisotopic (exact) mass is 527 g/mol. The molecular formula is C27H30FN3O5S. The molecule has 0 aliphatic carbocycles. The number of halogens is 1. The van der Waals surface area contributed by atoms with Crippen LogP contribution in [0.4, 0.5) is 10.1 Å². The Hall–Kier alpha value is -3.92. The van der Waals surface area contributed by atoms with Gasteiger partial charge in [-0.05, 0) is 67.9 Å². The third-order valence-corrected chi connectivity index (χ3v) is 7.52. The smallest absolute Gasteiger partial charge is 0.264 e. The van der Waals surface area contributed by atoms with Crippen LogP contribution in [0.2, 0.25) is 0 Å². The summed E-state index contributed by atoms with van der Waals surface area (Å²) >= 11 is 0. The van der Waals surface area contributed by atoms with Gasteiger partial charge < -0.3 is 15.0 Å². The van der Waals surface area contributed by atoms with E-state index in [9.17, 15) is 22.4 Å². The fourth-order valence-electron chi connectivity index (χ4n) is 3.73. The van der Waals surface area contributed by atoms with Crippen LogP contribution in [-0.2, 0) is 26.2 Å². The highest BCUT2D eigenvalue weighted by Crippen LogP contribution is 2.25. The van der Waals surface area contributed by atoms with Crippen molar-refractivity contribution in [3.8, 4) is 5.75 Å². The van der Waals surface area contributed by atoms with Crippen molar-refractivity contribution in [1.82, 2.24) is 10.2 Å². The van der Waals surface area contributed by atoms with E-state index in [1.807, 2.05) is 0 Å². The van der Waals surface area contributed by atoms with Crippen LogP contribution in [-0.4, -0.2) is 51.4 Å². The predicted molar refractivity (Wildman–Crippen MR) is 139 cm³/mol. The standard InChI is InChI=1S/C27H30FN3O5S/c1-4-29-27(33)20(2)30(18-21-9-8-12-24(17-21)36-3)26(32)19-31(23-10-6-5-7-11-23)37(34,35)25-15-13-22(28)14-16-25/h5-17,20H,4,18-19H2,1-3H3,(H,29,33). The molecule has 196 valence electrons. The Kier molecular flexibility index (Phi) is 9.24. The molecule has 0 saturated heterocycles. The number of carbonyl (C=O) groups is 2. The van der Waals surface area contributed by atoms with Gasteiger partial charge in [-0.2, -0.15) is 0 Å². The largest absolute Gasteiger partial charge is 0.497 e. The third kappa shape index (κ3) is 6.85. The van der Waals surface area contributed by atoms with Crippen LogP contribution >= 0.6 is 0 Å². The minimum absolute atomic E-state index is 0.0492. The van der Waals surface area contributed by atoms with Gasteiger partial charge in [-0.25, -0.2) is 12.8 Å². The van der Waals surface area contributed by atoms with Crippen molar-refractivity contribution in [3.63, 3.8) is 0 Å². The summed E-state index contributed by atoms with van der Waals surface area (Å²) < 4.78 is 46.9. The maximum atomic E-state index is 13.7. The average molecular weight is 528 g/mol. The second-order valence-corrected chi connectivity index (χ2v) is 10.1. The maximum absolute atomic E-state index is 13.7. The minimum atomic E-state index is -4.24. The van der Waals surface area contributed by atoms with E-state index >= 15 is 0 Å². The molecule has 1 unspecified atom stereocenters. The number of anilines is 1. The first-order valence-electron chi connectivity index (χ1n) is 11.7. The van der Waals surface area contributed by atoms with Crippen LogP contribution in [0.5, 0.6) is 5.75 Å². The second kappa shape index (κ2) is 12.4. The van der Waals surface area contributed by atoms with Crippen molar-refractivity contribution in [1.29, 1.82) is 0 Å². The van der Waals surface area contributed by atoms with Crippen molar-refractivity contribution >= 4 is 27.5 Å². The number of nitrogens with one attached hydrogen (secondary N) is 1. The highest BCUT2D eigenvalue weighted by atomic mass is 32.2. The summed E-state index contributed by atoms with van der Waals surface area (Å²) in [6.45, 7) is 3.21. The quantitative estimate of drug-likeness (QED) is 0.411. The topological polar surface area (TPSA) is 96.0 Å². The Bertz CT molecular complexity index is 1320. The zero-order valence-electron chi connectivity index (χ0n) is 20.9. The summed E-state index contributed by atoms with van der Waals surface area (Å²) in [5.41, 5.74) is 0.962. The number of likely N-dealkylation sites (N-methyl/N-ethyl adjacent to an activating group) is 1. The fraction of sp³-hybridized carbons (Fsp3) is 0.259. The zero-order valence-corrected chi connectivity index (χ0v) is 21.7. The molecule has 0 heterocycles. The van der Waals surface area contributed by atoms with E-state index in [4.69, 9.17) is 4.74 Å². The average Bonchev–Trinajstić information content (AvgIpc) is 2.90. The van der Waals surface area contributed by atoms with Crippen molar-refractivity contribution < 1.29 is 27.1 Å². The van der Waals surface area contributed by atoms with Crippen molar-refractivity contribution in [2.24, 2.45) is 0 Å². The Morgan fingerprint density at radius 1 is 1.00 bits per heavy atom. The first-order chi connectivity index (χ1) is 17.7. The first-order valence-corrected chi connectivity index (χ1v) is 13.1. The first kappa shape index (κ1) is 27.7. The number of amides is 2. The molecule has 0 aliphatic rings. The number of hydrogen-bond donors (Lipinski definition) is 1. The fourth-order valence-corrected chi connectivity index (χ4v) is 5.14. The molecule has 3 rings (SSSR count). The van der Waals surface area contributed by atoms with E-state index in [0.29, 0.717) is 17.9 Å². The molecule has 0 bridgehead atoms. The van der Waals surface area contributed by atoms with Crippen LogP contribution in [0.1, 0.15) is 19.4 Å². The van der Waals surface area contributed by atoms with Crippen molar-refractivity contribution in [3.05, 3.63) is 90.2 Å². The number of methoxy groups -OCH3 is 1. The minimum Gasteiger partial charge on any atom is -0.497 e.